The topological polar surface area (TPSA) is 27.7 Å². The number of rotatable bonds is 3. The first kappa shape index (κ1) is 13.8. The van der Waals surface area contributed by atoms with Crippen molar-refractivity contribution >= 4 is 24.0 Å². The number of para-hydroxylation sites is 2. The molecule has 4 rings (SSSR count). The maximum absolute atomic E-state index is 5.72. The van der Waals surface area contributed by atoms with Crippen LogP contribution in [0.25, 0.3) is 16.8 Å². The van der Waals surface area contributed by atoms with Gasteiger partial charge in [0, 0.05) is 0 Å². The Hall–Kier alpha value is -2.88. The predicted molar refractivity (Wildman–Crippen MR) is 93.0 cm³/mol. The molecule has 23 heavy (non-hydrogen) atoms. The van der Waals surface area contributed by atoms with Crippen molar-refractivity contribution in [2.24, 2.45) is 0 Å². The highest BCUT2D eigenvalue weighted by atomic mass is 16.6. The van der Waals surface area contributed by atoms with Gasteiger partial charge < -0.3 is 14.0 Å². The number of fused-ring (bicyclic) bond motifs is 2. The standard InChI is InChI=1S/C19H15BO3/c1-21-17-9-8-15-12-14(6-7-16(15)13-17)10-11-20-22-18-4-2-3-5-19(18)23-20/h2-13H,1H3/b11-10+. The van der Waals surface area contributed by atoms with Crippen molar-refractivity contribution in [2.75, 3.05) is 7.11 Å². The summed E-state index contributed by atoms with van der Waals surface area (Å²) in [5, 5.41) is 2.33. The number of methoxy groups -OCH3 is 1. The highest BCUT2D eigenvalue weighted by Gasteiger charge is 2.28. The molecule has 112 valence electrons. The van der Waals surface area contributed by atoms with Gasteiger partial charge in [-0.25, -0.2) is 0 Å². The molecule has 1 aliphatic heterocycles. The molecule has 0 unspecified atom stereocenters. The second-order valence-electron chi connectivity index (χ2n) is 5.38. The van der Waals surface area contributed by atoms with Gasteiger partial charge in [0.15, 0.2) is 0 Å². The fourth-order valence-corrected chi connectivity index (χ4v) is 2.66. The van der Waals surface area contributed by atoms with Gasteiger partial charge in [0.25, 0.3) is 0 Å². The molecule has 3 aromatic carbocycles. The highest BCUT2D eigenvalue weighted by molar-refractivity contribution is 6.54. The van der Waals surface area contributed by atoms with Crippen LogP contribution in [-0.4, -0.2) is 14.2 Å². The molecule has 1 heterocycles. The fraction of sp³-hybridized carbons (Fsp3) is 0.0526. The molecule has 0 aromatic heterocycles. The van der Waals surface area contributed by atoms with E-state index < -0.39 is 0 Å². The van der Waals surface area contributed by atoms with Gasteiger partial charge in [0.1, 0.15) is 17.2 Å². The summed E-state index contributed by atoms with van der Waals surface area (Å²) in [4.78, 5) is 0. The smallest absolute Gasteiger partial charge is 0.520 e. The normalized spacial score (nSPS) is 13.0. The third kappa shape index (κ3) is 2.75. The second-order valence-corrected chi connectivity index (χ2v) is 5.38. The van der Waals surface area contributed by atoms with E-state index in [1.807, 2.05) is 48.4 Å². The molecule has 0 saturated heterocycles. The van der Waals surface area contributed by atoms with Crippen LogP contribution >= 0.6 is 0 Å². The molecule has 1 aliphatic rings. The first-order valence-corrected chi connectivity index (χ1v) is 7.50. The second kappa shape index (κ2) is 5.73. The molecule has 4 heteroatoms. The van der Waals surface area contributed by atoms with Gasteiger partial charge in [-0.15, -0.1) is 0 Å². The van der Waals surface area contributed by atoms with Crippen LogP contribution in [0.3, 0.4) is 0 Å². The SMILES string of the molecule is COc1ccc2cc(/C=C/B3Oc4ccccc4O3)ccc2c1. The van der Waals surface area contributed by atoms with E-state index in [9.17, 15) is 0 Å². The molecule has 0 amide bonds. The third-order valence-corrected chi connectivity index (χ3v) is 3.85. The minimum atomic E-state index is -0.376. The minimum Gasteiger partial charge on any atom is -0.520 e. The Labute approximate surface area is 135 Å². The Morgan fingerprint density at radius 1 is 0.870 bits per heavy atom. The zero-order chi connectivity index (χ0) is 15.6. The Morgan fingerprint density at radius 2 is 1.57 bits per heavy atom. The predicted octanol–water partition coefficient (Wildman–Crippen LogP) is 4.36. The molecule has 0 N–H and O–H groups in total. The van der Waals surface area contributed by atoms with E-state index in [2.05, 4.69) is 24.3 Å². The van der Waals surface area contributed by atoms with E-state index in [4.69, 9.17) is 14.0 Å². The molecule has 3 nitrogen and oxygen atoms in total. The van der Waals surface area contributed by atoms with Crippen molar-refractivity contribution in [1.29, 1.82) is 0 Å². The van der Waals surface area contributed by atoms with Crippen molar-refractivity contribution in [3.8, 4) is 17.2 Å². The van der Waals surface area contributed by atoms with Gasteiger partial charge in [-0.2, -0.15) is 0 Å². The summed E-state index contributed by atoms with van der Waals surface area (Å²) in [6.07, 6.45) is 2.01. The molecular weight excluding hydrogens is 287 g/mol. The molecule has 0 saturated carbocycles. The third-order valence-electron chi connectivity index (χ3n) is 3.85. The summed E-state index contributed by atoms with van der Waals surface area (Å²) in [5.41, 5.74) is 1.10. The lowest BCUT2D eigenvalue weighted by Crippen LogP contribution is -2.21. The van der Waals surface area contributed by atoms with Gasteiger partial charge in [-0.1, -0.05) is 36.4 Å². The van der Waals surface area contributed by atoms with Gasteiger partial charge in [0.05, 0.1) is 7.11 Å². The molecule has 3 aromatic rings. The summed E-state index contributed by atoms with van der Waals surface area (Å²) in [6, 6.07) is 20.0. The number of ether oxygens (including phenoxy) is 1. The van der Waals surface area contributed by atoms with E-state index in [0.29, 0.717) is 0 Å². The van der Waals surface area contributed by atoms with Gasteiger partial charge in [0.2, 0.25) is 0 Å². The van der Waals surface area contributed by atoms with E-state index >= 15 is 0 Å². The van der Waals surface area contributed by atoms with Crippen LogP contribution < -0.4 is 14.0 Å². The molecule has 0 radical (unpaired) electrons. The van der Waals surface area contributed by atoms with Crippen molar-refractivity contribution in [2.45, 2.75) is 0 Å². The zero-order valence-corrected chi connectivity index (χ0v) is 12.7. The molecule has 0 fully saturated rings. The average molecular weight is 302 g/mol. The number of hydrogen-bond acceptors (Lipinski definition) is 3. The Kier molecular flexibility index (Phi) is 3.43. The molecule has 0 aliphatic carbocycles. The molecular formula is C19H15BO3. The largest absolute Gasteiger partial charge is 0.625 e. The first-order chi connectivity index (χ1) is 11.3. The quantitative estimate of drug-likeness (QED) is 0.673. The van der Waals surface area contributed by atoms with Crippen LogP contribution in [0.4, 0.5) is 0 Å². The lowest BCUT2D eigenvalue weighted by Gasteiger charge is -2.04. The van der Waals surface area contributed by atoms with E-state index in [1.165, 1.54) is 5.39 Å². The minimum absolute atomic E-state index is 0.376. The monoisotopic (exact) mass is 302 g/mol. The lowest BCUT2D eigenvalue weighted by atomic mass is 9.89. The Morgan fingerprint density at radius 3 is 2.30 bits per heavy atom. The highest BCUT2D eigenvalue weighted by Crippen LogP contribution is 2.33. The zero-order valence-electron chi connectivity index (χ0n) is 12.7. The van der Waals surface area contributed by atoms with Crippen LogP contribution in [-0.2, 0) is 0 Å². The molecule has 0 spiro atoms. The summed E-state index contributed by atoms with van der Waals surface area (Å²) in [6.45, 7) is 0. The van der Waals surface area contributed by atoms with Gasteiger partial charge >= 0.3 is 7.12 Å². The molecule has 0 atom stereocenters. The Balaban J connectivity index is 1.54. The van der Waals surface area contributed by atoms with Gasteiger partial charge in [-0.05, 0) is 52.6 Å². The van der Waals surface area contributed by atoms with Crippen LogP contribution in [0, 0.1) is 0 Å². The fourth-order valence-electron chi connectivity index (χ4n) is 2.66. The van der Waals surface area contributed by atoms with Gasteiger partial charge in [-0.3, -0.25) is 0 Å². The van der Waals surface area contributed by atoms with Crippen LogP contribution in [0.1, 0.15) is 5.56 Å². The summed E-state index contributed by atoms with van der Waals surface area (Å²) < 4.78 is 16.7. The lowest BCUT2D eigenvalue weighted by molar-refractivity contribution is 0.415. The summed E-state index contributed by atoms with van der Waals surface area (Å²) in [5.74, 6) is 4.36. The maximum Gasteiger partial charge on any atom is 0.625 e. The van der Waals surface area contributed by atoms with Crippen molar-refractivity contribution in [3.63, 3.8) is 0 Å². The van der Waals surface area contributed by atoms with Crippen LogP contribution in [0.5, 0.6) is 17.2 Å². The number of hydrogen-bond donors (Lipinski definition) is 0. The van der Waals surface area contributed by atoms with Crippen LogP contribution in [0.2, 0.25) is 0 Å². The Bertz CT molecular complexity index is 864. The van der Waals surface area contributed by atoms with Crippen LogP contribution in [0.15, 0.2) is 66.6 Å². The number of benzene rings is 3. The van der Waals surface area contributed by atoms with Crippen molar-refractivity contribution in [1.82, 2.24) is 0 Å². The van der Waals surface area contributed by atoms with E-state index in [0.717, 1.165) is 28.2 Å². The van der Waals surface area contributed by atoms with Crippen molar-refractivity contribution < 1.29 is 14.0 Å². The first-order valence-electron chi connectivity index (χ1n) is 7.50. The van der Waals surface area contributed by atoms with E-state index in [-0.39, 0.29) is 7.12 Å². The maximum atomic E-state index is 5.72. The summed E-state index contributed by atoms with van der Waals surface area (Å²) >= 11 is 0. The average Bonchev–Trinajstić information content (AvgIpc) is 3.02. The molecule has 0 bridgehead atoms. The van der Waals surface area contributed by atoms with Crippen molar-refractivity contribution in [3.05, 3.63) is 72.2 Å². The van der Waals surface area contributed by atoms with E-state index in [1.54, 1.807) is 7.11 Å². The summed E-state index contributed by atoms with van der Waals surface area (Å²) in [7, 11) is 1.30.